The van der Waals surface area contributed by atoms with Crippen LogP contribution in [-0.4, -0.2) is 58.7 Å². The molecule has 0 aliphatic carbocycles. The van der Waals surface area contributed by atoms with Crippen LogP contribution in [0.25, 0.3) is 0 Å². The Morgan fingerprint density at radius 2 is 1.96 bits per heavy atom. The minimum atomic E-state index is 0.350. The van der Waals surface area contributed by atoms with Gasteiger partial charge in [-0.25, -0.2) is 0 Å². The van der Waals surface area contributed by atoms with Crippen molar-refractivity contribution in [3.05, 3.63) is 18.2 Å². The van der Waals surface area contributed by atoms with Crippen LogP contribution < -0.4 is 20.1 Å². The monoisotopic (exact) mass is 363 g/mol. The Kier molecular flexibility index (Phi) is 7.39. The number of rotatable bonds is 6. The predicted molar refractivity (Wildman–Crippen MR) is 101 cm³/mol. The molecule has 2 N–H and O–H groups in total. The zero-order valence-electron chi connectivity index (χ0n) is 15.5. The van der Waals surface area contributed by atoms with Crippen molar-refractivity contribution in [2.24, 2.45) is 4.99 Å². The van der Waals surface area contributed by atoms with Crippen LogP contribution in [0.2, 0.25) is 0 Å². The summed E-state index contributed by atoms with van der Waals surface area (Å²) < 4.78 is 22.6. The highest BCUT2D eigenvalue weighted by Gasteiger charge is 2.14. The molecule has 0 saturated carbocycles. The summed E-state index contributed by atoms with van der Waals surface area (Å²) in [5, 5.41) is 6.60. The average Bonchev–Trinajstić information content (AvgIpc) is 2.92. The minimum absolute atomic E-state index is 0.350. The van der Waals surface area contributed by atoms with Gasteiger partial charge in [0.15, 0.2) is 17.5 Å². The largest absolute Gasteiger partial charge is 0.490 e. The molecule has 144 valence electrons. The second-order valence-electron chi connectivity index (χ2n) is 6.37. The molecule has 0 spiro atoms. The Hall–Kier alpha value is -1.99. The molecule has 0 radical (unpaired) electrons. The molecule has 0 amide bonds. The first-order chi connectivity index (χ1) is 12.8. The number of aliphatic imine (C=N–C) groups is 1. The van der Waals surface area contributed by atoms with E-state index in [0.717, 1.165) is 75.2 Å². The Morgan fingerprint density at radius 1 is 1.15 bits per heavy atom. The lowest BCUT2D eigenvalue weighted by molar-refractivity contribution is -0.0320. The summed E-state index contributed by atoms with van der Waals surface area (Å²) in [5.74, 6) is 2.29. The molecule has 3 rings (SSSR count). The van der Waals surface area contributed by atoms with E-state index in [1.165, 1.54) is 0 Å². The number of fused-ring (bicyclic) bond motifs is 1. The van der Waals surface area contributed by atoms with E-state index < -0.39 is 0 Å². The molecule has 1 fully saturated rings. The standard InChI is InChI=1S/C19H29N3O4/c1-20-19(21-8-2-9-24-16-6-12-23-13-7-16)22-15-4-5-17-18(14-15)26-11-3-10-25-17/h4-5,14,16H,2-3,6-13H2,1H3,(H2,20,21,22). The van der Waals surface area contributed by atoms with Crippen LogP contribution in [-0.2, 0) is 9.47 Å². The molecular weight excluding hydrogens is 334 g/mol. The van der Waals surface area contributed by atoms with Gasteiger partial charge in [0.05, 0.1) is 19.3 Å². The molecule has 0 aromatic heterocycles. The topological polar surface area (TPSA) is 73.3 Å². The van der Waals surface area contributed by atoms with Crippen LogP contribution in [0.1, 0.15) is 25.7 Å². The summed E-state index contributed by atoms with van der Waals surface area (Å²) in [5.41, 5.74) is 0.917. The number of hydrogen-bond donors (Lipinski definition) is 2. The molecule has 1 aromatic carbocycles. The summed E-state index contributed by atoms with van der Waals surface area (Å²) in [4.78, 5) is 4.27. The smallest absolute Gasteiger partial charge is 0.195 e. The second-order valence-corrected chi connectivity index (χ2v) is 6.37. The molecule has 1 aromatic rings. The van der Waals surface area contributed by atoms with Gasteiger partial charge < -0.3 is 29.6 Å². The van der Waals surface area contributed by atoms with E-state index >= 15 is 0 Å². The molecule has 2 aliphatic heterocycles. The van der Waals surface area contributed by atoms with Gasteiger partial charge in [-0.15, -0.1) is 0 Å². The van der Waals surface area contributed by atoms with Gasteiger partial charge in [-0.1, -0.05) is 0 Å². The van der Waals surface area contributed by atoms with Crippen molar-refractivity contribution in [1.82, 2.24) is 5.32 Å². The molecule has 2 heterocycles. The molecule has 26 heavy (non-hydrogen) atoms. The highest BCUT2D eigenvalue weighted by atomic mass is 16.5. The van der Waals surface area contributed by atoms with Crippen molar-refractivity contribution in [3.8, 4) is 11.5 Å². The summed E-state index contributed by atoms with van der Waals surface area (Å²) in [6.45, 7) is 4.55. The lowest BCUT2D eigenvalue weighted by Crippen LogP contribution is -2.32. The highest BCUT2D eigenvalue weighted by Crippen LogP contribution is 2.32. The zero-order valence-corrected chi connectivity index (χ0v) is 15.5. The van der Waals surface area contributed by atoms with Crippen LogP contribution in [0.4, 0.5) is 5.69 Å². The fourth-order valence-electron chi connectivity index (χ4n) is 2.93. The summed E-state index contributed by atoms with van der Waals surface area (Å²) in [6, 6.07) is 5.84. The maximum absolute atomic E-state index is 5.88. The normalized spacial score (nSPS) is 18.3. The van der Waals surface area contributed by atoms with Gasteiger partial charge in [0.25, 0.3) is 0 Å². The van der Waals surface area contributed by atoms with Crippen molar-refractivity contribution in [1.29, 1.82) is 0 Å². The molecule has 2 aliphatic rings. The Morgan fingerprint density at radius 3 is 2.77 bits per heavy atom. The van der Waals surface area contributed by atoms with Crippen LogP contribution in [0.15, 0.2) is 23.2 Å². The second kappa shape index (κ2) is 10.2. The van der Waals surface area contributed by atoms with Crippen LogP contribution >= 0.6 is 0 Å². The number of guanidine groups is 1. The third-order valence-electron chi connectivity index (χ3n) is 4.37. The maximum atomic E-state index is 5.88. The first kappa shape index (κ1) is 18.8. The molecular formula is C19H29N3O4. The number of nitrogens with one attached hydrogen (secondary N) is 2. The highest BCUT2D eigenvalue weighted by molar-refractivity contribution is 5.93. The average molecular weight is 363 g/mol. The first-order valence-electron chi connectivity index (χ1n) is 9.42. The maximum Gasteiger partial charge on any atom is 0.195 e. The van der Waals surface area contributed by atoms with E-state index in [4.69, 9.17) is 18.9 Å². The fraction of sp³-hybridized carbons (Fsp3) is 0.632. The third-order valence-corrected chi connectivity index (χ3v) is 4.37. The van der Waals surface area contributed by atoms with E-state index in [9.17, 15) is 0 Å². The molecule has 7 heteroatoms. The lowest BCUT2D eigenvalue weighted by atomic mass is 10.1. The van der Waals surface area contributed by atoms with E-state index in [1.54, 1.807) is 7.05 Å². The van der Waals surface area contributed by atoms with E-state index in [-0.39, 0.29) is 0 Å². The van der Waals surface area contributed by atoms with Gasteiger partial charge in [0.1, 0.15) is 0 Å². The van der Waals surface area contributed by atoms with Crippen LogP contribution in [0, 0.1) is 0 Å². The minimum Gasteiger partial charge on any atom is -0.490 e. The fourth-order valence-corrected chi connectivity index (χ4v) is 2.93. The zero-order chi connectivity index (χ0) is 18.0. The van der Waals surface area contributed by atoms with Crippen LogP contribution in [0.3, 0.4) is 0 Å². The van der Waals surface area contributed by atoms with Crippen molar-refractivity contribution < 1.29 is 18.9 Å². The van der Waals surface area contributed by atoms with E-state index in [0.29, 0.717) is 19.3 Å². The van der Waals surface area contributed by atoms with Gasteiger partial charge in [0.2, 0.25) is 0 Å². The van der Waals surface area contributed by atoms with Crippen molar-refractivity contribution in [3.63, 3.8) is 0 Å². The van der Waals surface area contributed by atoms with Gasteiger partial charge in [0, 0.05) is 51.6 Å². The van der Waals surface area contributed by atoms with Gasteiger partial charge >= 0.3 is 0 Å². The molecule has 7 nitrogen and oxygen atoms in total. The lowest BCUT2D eigenvalue weighted by Gasteiger charge is -2.22. The van der Waals surface area contributed by atoms with Crippen molar-refractivity contribution in [2.45, 2.75) is 31.8 Å². The Bertz CT molecular complexity index is 588. The number of hydrogen-bond acceptors (Lipinski definition) is 5. The number of ether oxygens (including phenoxy) is 4. The van der Waals surface area contributed by atoms with Gasteiger partial charge in [-0.2, -0.15) is 0 Å². The molecule has 0 atom stereocenters. The van der Waals surface area contributed by atoms with E-state index in [2.05, 4.69) is 15.6 Å². The van der Waals surface area contributed by atoms with E-state index in [1.807, 2.05) is 18.2 Å². The van der Waals surface area contributed by atoms with Crippen LogP contribution in [0.5, 0.6) is 11.5 Å². The Balaban J connectivity index is 1.39. The Labute approximate surface area is 155 Å². The van der Waals surface area contributed by atoms with Crippen molar-refractivity contribution in [2.75, 3.05) is 51.9 Å². The summed E-state index contributed by atoms with van der Waals surface area (Å²) >= 11 is 0. The molecule has 0 bridgehead atoms. The van der Waals surface area contributed by atoms with Gasteiger partial charge in [-0.3, -0.25) is 4.99 Å². The quantitative estimate of drug-likeness (QED) is 0.459. The van der Waals surface area contributed by atoms with Gasteiger partial charge in [-0.05, 0) is 31.4 Å². The molecule has 1 saturated heterocycles. The van der Waals surface area contributed by atoms with Crippen molar-refractivity contribution >= 4 is 11.6 Å². The molecule has 0 unspecified atom stereocenters. The summed E-state index contributed by atoms with van der Waals surface area (Å²) in [6.07, 6.45) is 4.18. The number of nitrogens with zero attached hydrogens (tertiary/aromatic N) is 1. The number of benzene rings is 1. The first-order valence-corrected chi connectivity index (χ1v) is 9.42. The third kappa shape index (κ3) is 5.78. The SMILES string of the molecule is CN=C(NCCCOC1CCOCC1)Nc1ccc2c(c1)OCCCO2. The number of anilines is 1. The summed E-state index contributed by atoms with van der Waals surface area (Å²) in [7, 11) is 1.76. The predicted octanol–water partition coefficient (Wildman–Crippen LogP) is 2.42.